The van der Waals surface area contributed by atoms with Crippen molar-refractivity contribution in [2.24, 2.45) is 5.73 Å². The molecule has 1 heterocycles. The van der Waals surface area contributed by atoms with Crippen molar-refractivity contribution in [3.05, 3.63) is 29.3 Å². The molecule has 4 heteroatoms. The molecule has 2 N–H and O–H groups in total. The lowest BCUT2D eigenvalue weighted by molar-refractivity contribution is 0.148. The Morgan fingerprint density at radius 3 is 2.56 bits per heavy atom. The average molecular weight is 249 g/mol. The van der Waals surface area contributed by atoms with E-state index in [-0.39, 0.29) is 0 Å². The van der Waals surface area contributed by atoms with Crippen molar-refractivity contribution >= 4 is 0 Å². The molecular formula is C14H23N3O. The first-order valence-electron chi connectivity index (χ1n) is 6.49. The van der Waals surface area contributed by atoms with Gasteiger partial charge >= 0.3 is 0 Å². The third-order valence-corrected chi connectivity index (χ3v) is 3.57. The summed E-state index contributed by atoms with van der Waals surface area (Å²) >= 11 is 0. The van der Waals surface area contributed by atoms with Gasteiger partial charge in [-0.1, -0.05) is 6.07 Å². The Morgan fingerprint density at radius 1 is 1.22 bits per heavy atom. The summed E-state index contributed by atoms with van der Waals surface area (Å²) < 4.78 is 5.29. The Balaban J connectivity index is 2.01. The van der Waals surface area contributed by atoms with E-state index in [1.807, 2.05) is 6.07 Å². The standard InChI is InChI=1S/C14H23N3O/c1-16-5-7-17(8-6-16)11-12-3-4-14(18-2)13(9-12)10-15/h3-4,9H,5-8,10-11,15H2,1-2H3. The van der Waals surface area contributed by atoms with Gasteiger partial charge in [0.1, 0.15) is 5.75 Å². The van der Waals surface area contributed by atoms with Gasteiger partial charge < -0.3 is 15.4 Å². The molecule has 1 aliphatic heterocycles. The summed E-state index contributed by atoms with van der Waals surface area (Å²) in [5.74, 6) is 0.889. The summed E-state index contributed by atoms with van der Waals surface area (Å²) in [5, 5.41) is 0. The number of hydrogen-bond acceptors (Lipinski definition) is 4. The zero-order valence-corrected chi connectivity index (χ0v) is 11.4. The van der Waals surface area contributed by atoms with E-state index in [1.165, 1.54) is 5.56 Å². The second-order valence-corrected chi connectivity index (χ2v) is 4.93. The molecule has 2 rings (SSSR count). The first-order chi connectivity index (χ1) is 8.72. The van der Waals surface area contributed by atoms with Crippen molar-refractivity contribution < 1.29 is 4.74 Å². The Kier molecular flexibility index (Phi) is 4.58. The summed E-state index contributed by atoms with van der Waals surface area (Å²) in [4.78, 5) is 4.86. The fourth-order valence-corrected chi connectivity index (χ4v) is 2.35. The molecule has 1 aromatic rings. The van der Waals surface area contributed by atoms with Crippen LogP contribution in [0.15, 0.2) is 18.2 Å². The highest BCUT2D eigenvalue weighted by atomic mass is 16.5. The highest BCUT2D eigenvalue weighted by Gasteiger charge is 2.14. The summed E-state index contributed by atoms with van der Waals surface area (Å²) in [6.45, 7) is 6.12. The van der Waals surface area contributed by atoms with Gasteiger partial charge in [0.15, 0.2) is 0 Å². The van der Waals surface area contributed by atoms with Crippen LogP contribution in [0.2, 0.25) is 0 Å². The molecule has 0 aliphatic carbocycles. The second-order valence-electron chi connectivity index (χ2n) is 4.93. The monoisotopic (exact) mass is 249 g/mol. The lowest BCUT2D eigenvalue weighted by atomic mass is 10.1. The van der Waals surface area contributed by atoms with Crippen LogP contribution in [0.3, 0.4) is 0 Å². The molecule has 0 radical (unpaired) electrons. The Bertz CT molecular complexity index is 387. The summed E-state index contributed by atoms with van der Waals surface area (Å²) in [5.41, 5.74) is 8.15. The number of nitrogens with zero attached hydrogens (tertiary/aromatic N) is 2. The molecule has 1 fully saturated rings. The summed E-state index contributed by atoms with van der Waals surface area (Å²) in [6, 6.07) is 6.32. The highest BCUT2D eigenvalue weighted by molar-refractivity contribution is 5.37. The maximum Gasteiger partial charge on any atom is 0.123 e. The van der Waals surface area contributed by atoms with Crippen LogP contribution in [0.5, 0.6) is 5.75 Å². The topological polar surface area (TPSA) is 41.7 Å². The molecule has 0 saturated carbocycles. The minimum absolute atomic E-state index is 0.528. The van der Waals surface area contributed by atoms with E-state index in [0.717, 1.165) is 44.0 Å². The van der Waals surface area contributed by atoms with Crippen molar-refractivity contribution in [2.45, 2.75) is 13.1 Å². The SMILES string of the molecule is COc1ccc(CN2CCN(C)CC2)cc1CN. The largest absolute Gasteiger partial charge is 0.496 e. The average Bonchev–Trinajstić information content (AvgIpc) is 2.41. The minimum atomic E-state index is 0.528. The first-order valence-corrected chi connectivity index (χ1v) is 6.49. The van der Waals surface area contributed by atoms with Gasteiger partial charge in [-0.2, -0.15) is 0 Å². The number of nitrogens with two attached hydrogens (primary N) is 1. The number of benzene rings is 1. The molecule has 0 aromatic heterocycles. The van der Waals surface area contributed by atoms with Crippen LogP contribution < -0.4 is 10.5 Å². The fourth-order valence-electron chi connectivity index (χ4n) is 2.35. The van der Waals surface area contributed by atoms with E-state index < -0.39 is 0 Å². The van der Waals surface area contributed by atoms with Gasteiger partial charge in [0.05, 0.1) is 7.11 Å². The van der Waals surface area contributed by atoms with Crippen LogP contribution in [0.25, 0.3) is 0 Å². The van der Waals surface area contributed by atoms with Crippen molar-refractivity contribution in [3.63, 3.8) is 0 Å². The Morgan fingerprint density at radius 2 is 1.94 bits per heavy atom. The van der Waals surface area contributed by atoms with Gasteiger partial charge in [0.2, 0.25) is 0 Å². The van der Waals surface area contributed by atoms with Crippen LogP contribution in [0.4, 0.5) is 0 Å². The van der Waals surface area contributed by atoms with Crippen LogP contribution in [0, 0.1) is 0 Å². The number of rotatable bonds is 4. The van der Waals surface area contributed by atoms with Gasteiger partial charge in [-0.05, 0) is 24.7 Å². The molecule has 0 bridgehead atoms. The van der Waals surface area contributed by atoms with Gasteiger partial charge in [0, 0.05) is 44.8 Å². The van der Waals surface area contributed by atoms with E-state index in [0.29, 0.717) is 6.54 Å². The molecule has 1 aliphatic rings. The second kappa shape index (κ2) is 6.18. The predicted molar refractivity (Wildman–Crippen MR) is 73.7 cm³/mol. The van der Waals surface area contributed by atoms with Gasteiger partial charge in [-0.15, -0.1) is 0 Å². The molecular weight excluding hydrogens is 226 g/mol. The zero-order chi connectivity index (χ0) is 13.0. The molecule has 0 atom stereocenters. The van der Waals surface area contributed by atoms with Crippen molar-refractivity contribution in [1.29, 1.82) is 0 Å². The van der Waals surface area contributed by atoms with Gasteiger partial charge in [0.25, 0.3) is 0 Å². The van der Waals surface area contributed by atoms with E-state index in [4.69, 9.17) is 10.5 Å². The van der Waals surface area contributed by atoms with E-state index in [2.05, 4.69) is 29.0 Å². The fraction of sp³-hybridized carbons (Fsp3) is 0.571. The lowest BCUT2D eigenvalue weighted by Gasteiger charge is -2.32. The van der Waals surface area contributed by atoms with Gasteiger partial charge in [-0.25, -0.2) is 0 Å². The lowest BCUT2D eigenvalue weighted by Crippen LogP contribution is -2.43. The number of ether oxygens (including phenoxy) is 1. The molecule has 18 heavy (non-hydrogen) atoms. The zero-order valence-electron chi connectivity index (χ0n) is 11.4. The quantitative estimate of drug-likeness (QED) is 0.861. The van der Waals surface area contributed by atoms with Crippen molar-refractivity contribution in [2.75, 3.05) is 40.3 Å². The number of hydrogen-bond donors (Lipinski definition) is 1. The number of methoxy groups -OCH3 is 1. The van der Waals surface area contributed by atoms with Crippen LogP contribution in [-0.2, 0) is 13.1 Å². The first kappa shape index (κ1) is 13.3. The molecule has 4 nitrogen and oxygen atoms in total. The molecule has 100 valence electrons. The normalized spacial score (nSPS) is 17.9. The van der Waals surface area contributed by atoms with E-state index in [1.54, 1.807) is 7.11 Å². The van der Waals surface area contributed by atoms with Crippen LogP contribution in [-0.4, -0.2) is 50.1 Å². The third kappa shape index (κ3) is 3.22. The molecule has 0 spiro atoms. The number of piperazine rings is 1. The highest BCUT2D eigenvalue weighted by Crippen LogP contribution is 2.20. The predicted octanol–water partition coefficient (Wildman–Crippen LogP) is 0.901. The summed E-state index contributed by atoms with van der Waals surface area (Å²) in [6.07, 6.45) is 0. The Hall–Kier alpha value is -1.10. The van der Waals surface area contributed by atoms with E-state index in [9.17, 15) is 0 Å². The van der Waals surface area contributed by atoms with Crippen molar-refractivity contribution in [1.82, 2.24) is 9.80 Å². The third-order valence-electron chi connectivity index (χ3n) is 3.57. The molecule has 1 saturated heterocycles. The maximum atomic E-state index is 5.75. The number of likely N-dealkylation sites (N-methyl/N-ethyl adjacent to an activating group) is 1. The Labute approximate surface area is 109 Å². The van der Waals surface area contributed by atoms with Gasteiger partial charge in [-0.3, -0.25) is 4.90 Å². The minimum Gasteiger partial charge on any atom is -0.496 e. The van der Waals surface area contributed by atoms with E-state index >= 15 is 0 Å². The molecule has 1 aromatic carbocycles. The van der Waals surface area contributed by atoms with Crippen LogP contribution >= 0.6 is 0 Å². The maximum absolute atomic E-state index is 5.75. The molecule has 0 amide bonds. The smallest absolute Gasteiger partial charge is 0.123 e. The molecule has 0 unspecified atom stereocenters. The van der Waals surface area contributed by atoms with Crippen LogP contribution in [0.1, 0.15) is 11.1 Å². The summed E-state index contributed by atoms with van der Waals surface area (Å²) in [7, 11) is 3.87. The van der Waals surface area contributed by atoms with Crippen molar-refractivity contribution in [3.8, 4) is 5.75 Å².